The lowest BCUT2D eigenvalue weighted by atomic mass is 10.3. The fourth-order valence-corrected chi connectivity index (χ4v) is 0.851. The van der Waals surface area contributed by atoms with Crippen LogP contribution in [0.25, 0.3) is 0 Å². The van der Waals surface area contributed by atoms with Gasteiger partial charge in [0.25, 0.3) is 0 Å². The van der Waals surface area contributed by atoms with E-state index in [1.165, 1.54) is 0 Å². The average molecular weight is 150 g/mol. The van der Waals surface area contributed by atoms with Crippen LogP contribution in [0, 0.1) is 6.20 Å². The number of ether oxygens (including phenoxy) is 2. The molecule has 0 aliphatic carbocycles. The molecule has 1 aliphatic heterocycles. The molecule has 0 aromatic carbocycles. The van der Waals surface area contributed by atoms with Gasteiger partial charge in [-0.3, -0.25) is 4.98 Å². The topological polar surface area (TPSA) is 31.4 Å². The second-order valence-electron chi connectivity index (χ2n) is 2.40. The summed E-state index contributed by atoms with van der Waals surface area (Å²) < 4.78 is 10.4. The number of nitrogens with zero attached hydrogens (tertiary/aromatic N) is 1. The second-order valence-corrected chi connectivity index (χ2v) is 2.40. The van der Waals surface area contributed by atoms with Gasteiger partial charge in [-0.05, 0) is 12.1 Å². The highest BCUT2D eigenvalue weighted by Gasteiger charge is 2.19. The molecular weight excluding hydrogens is 142 g/mol. The highest BCUT2D eigenvalue weighted by molar-refractivity contribution is 5.15. The van der Waals surface area contributed by atoms with Crippen LogP contribution in [0.5, 0.6) is 5.75 Å². The zero-order valence-corrected chi connectivity index (χ0v) is 5.99. The Morgan fingerprint density at radius 3 is 3.09 bits per heavy atom. The number of pyridine rings is 1. The zero-order chi connectivity index (χ0) is 7.52. The van der Waals surface area contributed by atoms with Gasteiger partial charge in [0, 0.05) is 0 Å². The Labute approximate surface area is 65.0 Å². The van der Waals surface area contributed by atoms with Crippen molar-refractivity contribution in [2.45, 2.75) is 6.10 Å². The van der Waals surface area contributed by atoms with Gasteiger partial charge < -0.3 is 9.47 Å². The Bertz CT molecular complexity index is 221. The van der Waals surface area contributed by atoms with Crippen molar-refractivity contribution in [1.82, 2.24) is 4.98 Å². The van der Waals surface area contributed by atoms with Crippen LogP contribution in [0.1, 0.15) is 0 Å². The molecule has 1 aromatic rings. The van der Waals surface area contributed by atoms with Crippen LogP contribution >= 0.6 is 0 Å². The van der Waals surface area contributed by atoms with E-state index in [-0.39, 0.29) is 6.10 Å². The van der Waals surface area contributed by atoms with E-state index in [2.05, 4.69) is 11.2 Å². The van der Waals surface area contributed by atoms with Crippen molar-refractivity contribution in [2.24, 2.45) is 0 Å². The molecule has 11 heavy (non-hydrogen) atoms. The van der Waals surface area contributed by atoms with Crippen molar-refractivity contribution in [2.75, 3.05) is 13.2 Å². The van der Waals surface area contributed by atoms with E-state index in [1.54, 1.807) is 12.3 Å². The SMILES string of the molecule is [c]1ccc(OC2COC2)cn1. The van der Waals surface area contributed by atoms with Gasteiger partial charge in [-0.1, -0.05) is 0 Å². The molecule has 0 amide bonds. The van der Waals surface area contributed by atoms with E-state index in [0.29, 0.717) is 13.2 Å². The quantitative estimate of drug-likeness (QED) is 0.620. The van der Waals surface area contributed by atoms with Crippen LogP contribution in [0.15, 0.2) is 18.3 Å². The normalized spacial score (nSPS) is 17.5. The van der Waals surface area contributed by atoms with Crippen molar-refractivity contribution >= 4 is 0 Å². The molecule has 0 atom stereocenters. The summed E-state index contributed by atoms with van der Waals surface area (Å²) in [7, 11) is 0. The Balaban J connectivity index is 1.95. The van der Waals surface area contributed by atoms with E-state index in [9.17, 15) is 0 Å². The summed E-state index contributed by atoms with van der Waals surface area (Å²) in [6, 6.07) is 3.57. The summed E-state index contributed by atoms with van der Waals surface area (Å²) in [5, 5.41) is 0. The van der Waals surface area contributed by atoms with Gasteiger partial charge in [-0.25, -0.2) is 0 Å². The summed E-state index contributed by atoms with van der Waals surface area (Å²) in [5.41, 5.74) is 0. The number of aromatic nitrogens is 1. The fraction of sp³-hybridized carbons (Fsp3) is 0.375. The largest absolute Gasteiger partial charge is 0.484 e. The van der Waals surface area contributed by atoms with E-state index >= 15 is 0 Å². The predicted molar refractivity (Wildman–Crippen MR) is 38.3 cm³/mol. The molecule has 2 heterocycles. The third kappa shape index (κ3) is 1.49. The summed E-state index contributed by atoms with van der Waals surface area (Å²) in [5.74, 6) is 0.789. The minimum Gasteiger partial charge on any atom is -0.484 e. The highest BCUT2D eigenvalue weighted by atomic mass is 16.6. The molecule has 0 bridgehead atoms. The van der Waals surface area contributed by atoms with Crippen LogP contribution in [-0.2, 0) is 4.74 Å². The first-order chi connectivity index (χ1) is 5.45. The number of rotatable bonds is 2. The lowest BCUT2D eigenvalue weighted by Crippen LogP contribution is -2.38. The summed E-state index contributed by atoms with van der Waals surface area (Å²) in [6.45, 7) is 1.39. The molecule has 3 nitrogen and oxygen atoms in total. The lowest BCUT2D eigenvalue weighted by Gasteiger charge is -2.26. The monoisotopic (exact) mass is 150 g/mol. The Kier molecular flexibility index (Phi) is 1.73. The van der Waals surface area contributed by atoms with Crippen LogP contribution < -0.4 is 4.74 Å². The number of hydrogen-bond donors (Lipinski definition) is 0. The van der Waals surface area contributed by atoms with Crippen molar-refractivity contribution in [1.29, 1.82) is 0 Å². The summed E-state index contributed by atoms with van der Waals surface area (Å²) in [6.07, 6.45) is 4.55. The van der Waals surface area contributed by atoms with Crippen LogP contribution in [0.2, 0.25) is 0 Å². The molecule has 1 saturated heterocycles. The minimum absolute atomic E-state index is 0.221. The first-order valence-corrected chi connectivity index (χ1v) is 3.51. The summed E-state index contributed by atoms with van der Waals surface area (Å²) >= 11 is 0. The average Bonchev–Trinajstić information content (AvgIpc) is 1.99. The molecule has 0 N–H and O–H groups in total. The molecule has 0 unspecified atom stereocenters. The molecule has 3 heteroatoms. The molecule has 1 aliphatic rings. The van der Waals surface area contributed by atoms with Crippen LogP contribution in [0.3, 0.4) is 0 Å². The molecule has 57 valence electrons. The molecular formula is C8H8NO2. The van der Waals surface area contributed by atoms with Gasteiger partial charge in [-0.15, -0.1) is 0 Å². The maximum atomic E-state index is 5.44. The van der Waals surface area contributed by atoms with Gasteiger partial charge in [-0.2, -0.15) is 0 Å². The molecule has 2 rings (SSSR count). The Hall–Kier alpha value is -1.09. The fourth-order valence-electron chi connectivity index (χ4n) is 0.851. The maximum absolute atomic E-state index is 5.44. The standard InChI is InChI=1S/C8H8NO2/c1-2-7(4-9-3-1)11-8-5-10-6-8/h1-2,4,8H,5-6H2. The first-order valence-electron chi connectivity index (χ1n) is 3.51. The van der Waals surface area contributed by atoms with Crippen molar-refractivity contribution in [3.05, 3.63) is 24.5 Å². The minimum atomic E-state index is 0.221. The van der Waals surface area contributed by atoms with E-state index in [1.807, 2.05) is 6.07 Å². The van der Waals surface area contributed by atoms with Gasteiger partial charge in [0.2, 0.25) is 0 Å². The smallest absolute Gasteiger partial charge is 0.145 e. The molecule has 1 radical (unpaired) electrons. The van der Waals surface area contributed by atoms with Gasteiger partial charge in [0.1, 0.15) is 11.9 Å². The van der Waals surface area contributed by atoms with Crippen molar-refractivity contribution in [3.63, 3.8) is 0 Å². The van der Waals surface area contributed by atoms with Gasteiger partial charge in [0.15, 0.2) is 0 Å². The maximum Gasteiger partial charge on any atom is 0.145 e. The summed E-state index contributed by atoms with van der Waals surface area (Å²) in [4.78, 5) is 3.81. The van der Waals surface area contributed by atoms with Crippen LogP contribution in [-0.4, -0.2) is 24.3 Å². The van der Waals surface area contributed by atoms with E-state index in [0.717, 1.165) is 5.75 Å². The Morgan fingerprint density at radius 2 is 2.55 bits per heavy atom. The Morgan fingerprint density at radius 1 is 1.64 bits per heavy atom. The number of hydrogen-bond acceptors (Lipinski definition) is 3. The van der Waals surface area contributed by atoms with Crippen molar-refractivity contribution in [3.8, 4) is 5.75 Å². The highest BCUT2D eigenvalue weighted by Crippen LogP contribution is 2.13. The molecule has 0 spiro atoms. The molecule has 1 fully saturated rings. The van der Waals surface area contributed by atoms with Crippen LogP contribution in [0.4, 0.5) is 0 Å². The second kappa shape index (κ2) is 2.88. The zero-order valence-electron chi connectivity index (χ0n) is 5.99. The van der Waals surface area contributed by atoms with E-state index in [4.69, 9.17) is 9.47 Å². The third-order valence-electron chi connectivity index (χ3n) is 1.50. The van der Waals surface area contributed by atoms with Gasteiger partial charge in [0.05, 0.1) is 25.6 Å². The van der Waals surface area contributed by atoms with Crippen molar-refractivity contribution < 1.29 is 9.47 Å². The first kappa shape index (κ1) is 6.61. The molecule has 1 aromatic heterocycles. The van der Waals surface area contributed by atoms with Gasteiger partial charge >= 0.3 is 0 Å². The molecule has 0 saturated carbocycles. The van der Waals surface area contributed by atoms with E-state index < -0.39 is 0 Å². The lowest BCUT2D eigenvalue weighted by molar-refractivity contribution is -0.0798. The predicted octanol–water partition coefficient (Wildman–Crippen LogP) is 0.659. The third-order valence-corrected chi connectivity index (χ3v) is 1.50.